The van der Waals surface area contributed by atoms with Crippen LogP contribution in [0.5, 0.6) is 5.75 Å². The summed E-state index contributed by atoms with van der Waals surface area (Å²) in [5.41, 5.74) is 7.47. The Balaban J connectivity index is 2.11. The lowest BCUT2D eigenvalue weighted by Crippen LogP contribution is -2.21. The zero-order valence-electron chi connectivity index (χ0n) is 12.4. The number of allylic oxidation sites excluding steroid dienone is 1. The number of hydrogen-bond donors (Lipinski definition) is 1. The average molecular weight is 317 g/mol. The van der Waals surface area contributed by atoms with Gasteiger partial charge in [0.25, 0.3) is 0 Å². The molecule has 24 heavy (non-hydrogen) atoms. The molecule has 0 fully saturated rings. The summed E-state index contributed by atoms with van der Waals surface area (Å²) >= 11 is 0. The summed E-state index contributed by atoms with van der Waals surface area (Å²) in [6.07, 6.45) is 3.30. The van der Waals surface area contributed by atoms with Crippen LogP contribution < -0.4 is 16.1 Å². The van der Waals surface area contributed by atoms with E-state index in [0.29, 0.717) is 16.9 Å². The molecular formula is C18H11N3O3. The third kappa shape index (κ3) is 2.03. The monoisotopic (exact) mass is 317 g/mol. The minimum absolute atomic E-state index is 0.0384. The molecule has 0 aliphatic carbocycles. The SMILES string of the molecule is N#CC1=C(N)Oc2ccc3ccc(=O)oc3c2[C@@H]1c1cccnc1. The molecule has 2 N–H and O–H groups in total. The first-order valence-electron chi connectivity index (χ1n) is 7.23. The van der Waals surface area contributed by atoms with Crippen LogP contribution in [0.2, 0.25) is 0 Å². The molecular weight excluding hydrogens is 306 g/mol. The molecule has 1 aliphatic rings. The van der Waals surface area contributed by atoms with Crippen LogP contribution in [0.3, 0.4) is 0 Å². The van der Waals surface area contributed by atoms with Crippen LogP contribution in [0.25, 0.3) is 11.0 Å². The first kappa shape index (κ1) is 14.0. The van der Waals surface area contributed by atoms with Crippen molar-refractivity contribution in [1.29, 1.82) is 5.26 Å². The third-order valence-corrected chi connectivity index (χ3v) is 3.99. The number of ether oxygens (including phenoxy) is 1. The van der Waals surface area contributed by atoms with Crippen molar-refractivity contribution in [3.63, 3.8) is 0 Å². The molecule has 1 atom stereocenters. The van der Waals surface area contributed by atoms with Gasteiger partial charge in [-0.1, -0.05) is 6.07 Å². The van der Waals surface area contributed by atoms with Gasteiger partial charge in [-0.2, -0.15) is 5.26 Å². The van der Waals surface area contributed by atoms with Crippen molar-refractivity contribution in [3.05, 3.63) is 81.8 Å². The number of benzene rings is 1. The highest BCUT2D eigenvalue weighted by Gasteiger charge is 2.33. The Bertz CT molecular complexity index is 1080. The van der Waals surface area contributed by atoms with E-state index in [9.17, 15) is 10.1 Å². The van der Waals surface area contributed by atoms with Gasteiger partial charge >= 0.3 is 5.63 Å². The minimum Gasteiger partial charge on any atom is -0.440 e. The Morgan fingerprint density at radius 1 is 1.21 bits per heavy atom. The van der Waals surface area contributed by atoms with Crippen molar-refractivity contribution < 1.29 is 9.15 Å². The van der Waals surface area contributed by atoms with Crippen LogP contribution in [0, 0.1) is 11.3 Å². The molecule has 0 saturated carbocycles. The number of nitrogens with zero attached hydrogens (tertiary/aromatic N) is 2. The van der Waals surface area contributed by atoms with E-state index in [-0.39, 0.29) is 11.5 Å². The Morgan fingerprint density at radius 2 is 2.04 bits per heavy atom. The van der Waals surface area contributed by atoms with Crippen LogP contribution in [0.15, 0.2) is 69.5 Å². The lowest BCUT2D eigenvalue weighted by molar-refractivity contribution is 0.392. The van der Waals surface area contributed by atoms with Gasteiger partial charge in [-0.15, -0.1) is 0 Å². The fourth-order valence-corrected chi connectivity index (χ4v) is 2.96. The highest BCUT2D eigenvalue weighted by atomic mass is 16.5. The van der Waals surface area contributed by atoms with E-state index in [1.165, 1.54) is 6.07 Å². The molecule has 0 bridgehead atoms. The number of hydrogen-bond acceptors (Lipinski definition) is 6. The summed E-state index contributed by atoms with van der Waals surface area (Å²) in [5, 5.41) is 10.3. The zero-order valence-corrected chi connectivity index (χ0v) is 12.4. The lowest BCUT2D eigenvalue weighted by atomic mass is 9.83. The number of fused-ring (bicyclic) bond motifs is 3. The maximum Gasteiger partial charge on any atom is 0.336 e. The van der Waals surface area contributed by atoms with Crippen molar-refractivity contribution in [3.8, 4) is 11.8 Å². The average Bonchev–Trinajstić information content (AvgIpc) is 2.61. The molecule has 0 radical (unpaired) electrons. The van der Waals surface area contributed by atoms with E-state index >= 15 is 0 Å². The van der Waals surface area contributed by atoms with E-state index in [1.807, 2.05) is 6.07 Å². The van der Waals surface area contributed by atoms with Gasteiger partial charge in [-0.05, 0) is 29.8 Å². The van der Waals surface area contributed by atoms with Crippen LogP contribution in [0.1, 0.15) is 17.0 Å². The number of aromatic nitrogens is 1. The Kier molecular flexibility index (Phi) is 3.07. The predicted octanol–water partition coefficient (Wildman–Crippen LogP) is 2.41. The van der Waals surface area contributed by atoms with Gasteiger partial charge in [0.2, 0.25) is 5.88 Å². The van der Waals surface area contributed by atoms with Gasteiger partial charge in [-0.25, -0.2) is 4.79 Å². The lowest BCUT2D eigenvalue weighted by Gasteiger charge is -2.26. The quantitative estimate of drug-likeness (QED) is 0.691. The van der Waals surface area contributed by atoms with Gasteiger partial charge in [-0.3, -0.25) is 4.98 Å². The van der Waals surface area contributed by atoms with Crippen molar-refractivity contribution in [2.45, 2.75) is 5.92 Å². The van der Waals surface area contributed by atoms with E-state index < -0.39 is 11.5 Å². The third-order valence-electron chi connectivity index (χ3n) is 3.99. The standard InChI is InChI=1S/C18H11N3O3/c19-8-12-15(11-2-1-7-21-9-11)16-13(23-18(12)20)5-3-10-4-6-14(22)24-17(10)16/h1-7,9,15H,20H2/t15-/m1/s1. The van der Waals surface area contributed by atoms with E-state index in [2.05, 4.69) is 11.1 Å². The highest BCUT2D eigenvalue weighted by Crippen LogP contribution is 2.44. The van der Waals surface area contributed by atoms with Gasteiger partial charge in [0.1, 0.15) is 23.0 Å². The van der Waals surface area contributed by atoms with Crippen LogP contribution in [0.4, 0.5) is 0 Å². The van der Waals surface area contributed by atoms with Crippen LogP contribution >= 0.6 is 0 Å². The summed E-state index contributed by atoms with van der Waals surface area (Å²) in [5.74, 6) is -0.0135. The molecule has 0 amide bonds. The maximum absolute atomic E-state index is 11.7. The normalized spacial score (nSPS) is 16.4. The van der Waals surface area contributed by atoms with Crippen molar-refractivity contribution >= 4 is 11.0 Å². The molecule has 6 heteroatoms. The Morgan fingerprint density at radius 3 is 2.79 bits per heavy atom. The van der Waals surface area contributed by atoms with Gasteiger partial charge in [0.15, 0.2) is 0 Å². The number of nitrogens with two attached hydrogens (primary N) is 1. The molecule has 116 valence electrons. The second-order valence-corrected chi connectivity index (χ2v) is 5.36. The van der Waals surface area contributed by atoms with E-state index in [1.54, 1.807) is 36.7 Å². The van der Waals surface area contributed by atoms with Crippen molar-refractivity contribution in [2.24, 2.45) is 5.73 Å². The first-order valence-corrected chi connectivity index (χ1v) is 7.23. The molecule has 0 unspecified atom stereocenters. The summed E-state index contributed by atoms with van der Waals surface area (Å²) in [7, 11) is 0. The van der Waals surface area contributed by atoms with E-state index in [0.717, 1.165) is 10.9 Å². The first-order chi connectivity index (χ1) is 11.7. The molecule has 1 aromatic carbocycles. The summed E-state index contributed by atoms with van der Waals surface area (Å²) < 4.78 is 11.0. The van der Waals surface area contributed by atoms with E-state index in [4.69, 9.17) is 14.9 Å². The molecule has 3 aromatic rings. The molecule has 0 spiro atoms. The van der Waals surface area contributed by atoms with Crippen LogP contribution in [-0.4, -0.2) is 4.98 Å². The summed E-state index contributed by atoms with van der Waals surface area (Å²) in [6.45, 7) is 0. The van der Waals surface area contributed by atoms with Crippen molar-refractivity contribution in [1.82, 2.24) is 4.98 Å². The van der Waals surface area contributed by atoms with Crippen molar-refractivity contribution in [2.75, 3.05) is 0 Å². The van der Waals surface area contributed by atoms with Gasteiger partial charge in [0, 0.05) is 23.8 Å². The fourth-order valence-electron chi connectivity index (χ4n) is 2.96. The highest BCUT2D eigenvalue weighted by molar-refractivity contribution is 5.84. The topological polar surface area (TPSA) is 102 Å². The second kappa shape index (κ2) is 5.25. The number of pyridine rings is 1. The smallest absolute Gasteiger partial charge is 0.336 e. The van der Waals surface area contributed by atoms with Gasteiger partial charge < -0.3 is 14.9 Å². The molecule has 6 nitrogen and oxygen atoms in total. The summed E-state index contributed by atoms with van der Waals surface area (Å²) in [4.78, 5) is 15.8. The minimum atomic E-state index is -0.512. The maximum atomic E-state index is 11.7. The van der Waals surface area contributed by atoms with Gasteiger partial charge in [0.05, 0.1) is 11.5 Å². The summed E-state index contributed by atoms with van der Waals surface area (Å²) in [6, 6.07) is 12.3. The second-order valence-electron chi connectivity index (χ2n) is 5.36. The molecule has 3 heterocycles. The Labute approximate surface area is 136 Å². The molecule has 0 saturated heterocycles. The molecule has 1 aliphatic heterocycles. The number of rotatable bonds is 1. The zero-order chi connectivity index (χ0) is 16.7. The number of nitriles is 1. The fraction of sp³-hybridized carbons (Fsp3) is 0.0556. The van der Waals surface area contributed by atoms with Crippen LogP contribution in [-0.2, 0) is 0 Å². The largest absolute Gasteiger partial charge is 0.440 e. The molecule has 4 rings (SSSR count). The predicted molar refractivity (Wildman–Crippen MR) is 86.0 cm³/mol. The Hall–Kier alpha value is -3.59. The molecule has 2 aromatic heterocycles.